The Bertz CT molecular complexity index is 776. The van der Waals surface area contributed by atoms with Crippen LogP contribution in [-0.4, -0.2) is 47.8 Å². The SMILES string of the molecule is N#C[C@H]1[C@H](c2ccccc2C2=CCCC2)[C@@H](CO)N1C(=O)C1CCOCC1. The summed E-state index contributed by atoms with van der Waals surface area (Å²) in [6.45, 7) is 1.06. The van der Waals surface area contributed by atoms with Crippen molar-refractivity contribution in [3.63, 3.8) is 0 Å². The molecule has 5 heteroatoms. The van der Waals surface area contributed by atoms with E-state index >= 15 is 0 Å². The van der Waals surface area contributed by atoms with E-state index in [0.29, 0.717) is 26.1 Å². The number of allylic oxidation sites excluding steroid dienone is 2. The standard InChI is InChI=1S/C22H26N2O3/c23-13-19-21(18-8-4-3-7-17(18)15-5-1-2-6-15)20(14-25)24(19)22(26)16-9-11-27-12-10-16/h3-5,7-8,16,19-21,25H,1-2,6,9-12,14H2/t19-,20+,21-/m0/s1. The Kier molecular flexibility index (Phi) is 5.29. The van der Waals surface area contributed by atoms with Crippen molar-refractivity contribution in [2.24, 2.45) is 5.92 Å². The van der Waals surface area contributed by atoms with Gasteiger partial charge in [0.2, 0.25) is 5.91 Å². The van der Waals surface area contributed by atoms with Crippen LogP contribution in [0.5, 0.6) is 0 Å². The summed E-state index contributed by atoms with van der Waals surface area (Å²) in [7, 11) is 0. The van der Waals surface area contributed by atoms with Crippen molar-refractivity contribution in [1.82, 2.24) is 4.90 Å². The summed E-state index contributed by atoms with van der Waals surface area (Å²) in [4.78, 5) is 14.7. The number of hydrogen-bond acceptors (Lipinski definition) is 4. The first kappa shape index (κ1) is 18.2. The van der Waals surface area contributed by atoms with Gasteiger partial charge in [-0.1, -0.05) is 30.3 Å². The van der Waals surface area contributed by atoms with Gasteiger partial charge < -0.3 is 14.7 Å². The van der Waals surface area contributed by atoms with E-state index in [4.69, 9.17) is 4.74 Å². The van der Waals surface area contributed by atoms with Gasteiger partial charge in [0.1, 0.15) is 6.04 Å². The van der Waals surface area contributed by atoms with Crippen molar-refractivity contribution in [2.45, 2.75) is 50.1 Å². The van der Waals surface area contributed by atoms with Crippen LogP contribution < -0.4 is 0 Å². The lowest BCUT2D eigenvalue weighted by Crippen LogP contribution is -2.66. The molecule has 1 aromatic rings. The second-order valence-corrected chi connectivity index (χ2v) is 7.69. The number of likely N-dealkylation sites (tertiary alicyclic amines) is 1. The maximum absolute atomic E-state index is 13.0. The largest absolute Gasteiger partial charge is 0.394 e. The van der Waals surface area contributed by atoms with Crippen LogP contribution in [0.15, 0.2) is 30.3 Å². The first-order chi connectivity index (χ1) is 13.3. The predicted molar refractivity (Wildman–Crippen MR) is 102 cm³/mol. The molecule has 5 nitrogen and oxygen atoms in total. The molecule has 142 valence electrons. The molecule has 2 heterocycles. The highest BCUT2D eigenvalue weighted by atomic mass is 16.5. The highest BCUT2D eigenvalue weighted by Crippen LogP contribution is 2.45. The summed E-state index contributed by atoms with van der Waals surface area (Å²) in [5.74, 6) is -0.239. The summed E-state index contributed by atoms with van der Waals surface area (Å²) in [5, 5.41) is 19.9. The number of hydrogen-bond donors (Lipinski definition) is 1. The minimum atomic E-state index is -0.513. The molecule has 4 rings (SSSR count). The van der Waals surface area contributed by atoms with Crippen molar-refractivity contribution in [1.29, 1.82) is 5.26 Å². The van der Waals surface area contributed by atoms with Crippen LogP contribution in [0.4, 0.5) is 0 Å². The predicted octanol–water partition coefficient (Wildman–Crippen LogP) is 2.86. The summed E-state index contributed by atoms with van der Waals surface area (Å²) in [6.07, 6.45) is 6.97. The number of amides is 1. The molecule has 27 heavy (non-hydrogen) atoms. The van der Waals surface area contributed by atoms with Gasteiger partial charge in [0.15, 0.2) is 0 Å². The van der Waals surface area contributed by atoms with Gasteiger partial charge in [0.05, 0.1) is 18.7 Å². The fraction of sp³-hybridized carbons (Fsp3) is 0.545. The third-order valence-electron chi connectivity index (χ3n) is 6.26. The maximum Gasteiger partial charge on any atom is 0.227 e. The lowest BCUT2D eigenvalue weighted by molar-refractivity contribution is -0.154. The van der Waals surface area contributed by atoms with Gasteiger partial charge in [-0.05, 0) is 48.8 Å². The van der Waals surface area contributed by atoms with Crippen LogP contribution in [0.2, 0.25) is 0 Å². The summed E-state index contributed by atoms with van der Waals surface area (Å²) >= 11 is 0. The first-order valence-electron chi connectivity index (χ1n) is 9.95. The smallest absolute Gasteiger partial charge is 0.227 e. The molecule has 3 atom stereocenters. The molecule has 1 aliphatic carbocycles. The van der Waals surface area contributed by atoms with Gasteiger partial charge in [-0.3, -0.25) is 4.79 Å². The van der Waals surface area contributed by atoms with Crippen LogP contribution in [0.3, 0.4) is 0 Å². The van der Waals surface area contributed by atoms with Gasteiger partial charge in [-0.25, -0.2) is 0 Å². The number of nitriles is 1. The van der Waals surface area contributed by atoms with Crippen LogP contribution in [0.25, 0.3) is 5.57 Å². The second-order valence-electron chi connectivity index (χ2n) is 7.69. The number of carbonyl (C=O) groups excluding carboxylic acids is 1. The van der Waals surface area contributed by atoms with E-state index in [9.17, 15) is 15.2 Å². The highest BCUT2D eigenvalue weighted by Gasteiger charge is 2.53. The van der Waals surface area contributed by atoms with Gasteiger partial charge in [0, 0.05) is 25.0 Å². The monoisotopic (exact) mass is 366 g/mol. The molecule has 2 saturated heterocycles. The van der Waals surface area contributed by atoms with Crippen LogP contribution in [-0.2, 0) is 9.53 Å². The minimum Gasteiger partial charge on any atom is -0.394 e. The molecule has 1 N–H and O–H groups in total. The number of nitrogens with zero attached hydrogens (tertiary/aromatic N) is 2. The number of carbonyl (C=O) groups is 1. The molecule has 2 aliphatic heterocycles. The Hall–Kier alpha value is -2.16. The van der Waals surface area contributed by atoms with E-state index in [1.165, 1.54) is 11.1 Å². The Morgan fingerprint density at radius 2 is 2.07 bits per heavy atom. The van der Waals surface area contributed by atoms with Gasteiger partial charge in [-0.2, -0.15) is 5.26 Å². The van der Waals surface area contributed by atoms with Gasteiger partial charge >= 0.3 is 0 Å². The Morgan fingerprint density at radius 3 is 2.74 bits per heavy atom. The van der Waals surface area contributed by atoms with Crippen LogP contribution in [0, 0.1) is 17.2 Å². The van der Waals surface area contributed by atoms with Crippen molar-refractivity contribution in [3.8, 4) is 6.07 Å². The minimum absolute atomic E-state index is 0.00212. The van der Waals surface area contributed by atoms with E-state index < -0.39 is 6.04 Å². The number of ether oxygens (including phenoxy) is 1. The zero-order valence-corrected chi connectivity index (χ0v) is 15.5. The molecule has 0 aromatic heterocycles. The number of benzene rings is 1. The maximum atomic E-state index is 13.0. The van der Waals surface area contributed by atoms with Crippen molar-refractivity contribution in [2.75, 3.05) is 19.8 Å². The van der Waals surface area contributed by atoms with Gasteiger partial charge in [-0.15, -0.1) is 0 Å². The zero-order chi connectivity index (χ0) is 18.8. The Balaban J connectivity index is 1.63. The van der Waals surface area contributed by atoms with E-state index in [1.54, 1.807) is 4.90 Å². The Morgan fingerprint density at radius 1 is 1.30 bits per heavy atom. The van der Waals surface area contributed by atoms with Crippen molar-refractivity contribution in [3.05, 3.63) is 41.5 Å². The van der Waals surface area contributed by atoms with E-state index in [1.807, 2.05) is 12.1 Å². The zero-order valence-electron chi connectivity index (χ0n) is 15.5. The van der Waals surface area contributed by atoms with E-state index in [-0.39, 0.29) is 30.4 Å². The lowest BCUT2D eigenvalue weighted by atomic mass is 9.72. The first-order valence-corrected chi connectivity index (χ1v) is 9.95. The average molecular weight is 366 g/mol. The molecule has 3 aliphatic rings. The molecule has 0 radical (unpaired) electrons. The topological polar surface area (TPSA) is 73.6 Å². The summed E-state index contributed by atoms with van der Waals surface area (Å²) in [6, 6.07) is 9.68. The molecule has 1 aromatic carbocycles. The second kappa shape index (κ2) is 7.84. The third-order valence-corrected chi connectivity index (χ3v) is 6.26. The average Bonchev–Trinajstić information content (AvgIpc) is 3.23. The Labute approximate surface area is 160 Å². The highest BCUT2D eigenvalue weighted by molar-refractivity contribution is 5.82. The number of aliphatic hydroxyl groups is 1. The summed E-state index contributed by atoms with van der Waals surface area (Å²) in [5.41, 5.74) is 3.59. The number of rotatable bonds is 4. The molecule has 0 bridgehead atoms. The van der Waals surface area contributed by atoms with Crippen LogP contribution in [0.1, 0.15) is 49.1 Å². The summed E-state index contributed by atoms with van der Waals surface area (Å²) < 4.78 is 5.36. The molecule has 1 amide bonds. The van der Waals surface area contributed by atoms with Crippen molar-refractivity contribution < 1.29 is 14.6 Å². The van der Waals surface area contributed by atoms with Crippen molar-refractivity contribution >= 4 is 11.5 Å². The third kappa shape index (κ3) is 3.18. The molecule has 2 fully saturated rings. The molecule has 0 unspecified atom stereocenters. The molecule has 0 spiro atoms. The fourth-order valence-electron chi connectivity index (χ4n) is 4.83. The van der Waals surface area contributed by atoms with E-state index in [0.717, 1.165) is 24.8 Å². The van der Waals surface area contributed by atoms with Crippen LogP contribution >= 0.6 is 0 Å². The lowest BCUT2D eigenvalue weighted by Gasteiger charge is -2.53. The van der Waals surface area contributed by atoms with Gasteiger partial charge in [0.25, 0.3) is 0 Å². The number of aliphatic hydroxyl groups excluding tert-OH is 1. The quantitative estimate of drug-likeness (QED) is 0.889. The normalized spacial score (nSPS) is 28.4. The fourth-order valence-corrected chi connectivity index (χ4v) is 4.83. The van der Waals surface area contributed by atoms with E-state index in [2.05, 4.69) is 24.3 Å². The molecular weight excluding hydrogens is 340 g/mol. The molecule has 0 saturated carbocycles. The molecular formula is C22H26N2O3.